The molecule has 1 aromatic heterocycles. The van der Waals surface area contributed by atoms with Gasteiger partial charge in [-0.05, 0) is 43.7 Å². The molecule has 5 nitrogen and oxygen atoms in total. The Hall–Kier alpha value is -3.15. The van der Waals surface area contributed by atoms with Crippen molar-refractivity contribution in [1.29, 1.82) is 0 Å². The lowest BCUT2D eigenvalue weighted by molar-refractivity contribution is 0.623. The lowest BCUT2D eigenvalue weighted by Gasteiger charge is -2.36. The van der Waals surface area contributed by atoms with Gasteiger partial charge in [0.1, 0.15) is 11.6 Å². The van der Waals surface area contributed by atoms with Crippen molar-refractivity contribution in [2.24, 2.45) is 0 Å². The van der Waals surface area contributed by atoms with Crippen LogP contribution in [-0.4, -0.2) is 36.1 Å². The van der Waals surface area contributed by atoms with Crippen LogP contribution in [0.15, 0.2) is 54.6 Å². The molecule has 0 saturated carbocycles. The summed E-state index contributed by atoms with van der Waals surface area (Å²) in [4.78, 5) is 13.9. The monoisotopic (exact) mass is 391 g/mol. The first-order chi connectivity index (χ1) is 14.1. The van der Waals surface area contributed by atoms with Gasteiger partial charge in [0.15, 0.2) is 0 Å². The largest absolute Gasteiger partial charge is 0.368 e. The van der Waals surface area contributed by atoms with E-state index in [1.54, 1.807) is 0 Å². The maximum absolute atomic E-state index is 13.2. The predicted molar refractivity (Wildman–Crippen MR) is 116 cm³/mol. The lowest BCUT2D eigenvalue weighted by Crippen LogP contribution is -2.47. The average molecular weight is 391 g/mol. The van der Waals surface area contributed by atoms with Crippen molar-refractivity contribution in [2.45, 2.75) is 20.4 Å². The minimum absolute atomic E-state index is 0.203. The molecule has 6 heteroatoms. The average Bonchev–Trinajstić information content (AvgIpc) is 2.73. The normalized spacial score (nSPS) is 14.2. The summed E-state index contributed by atoms with van der Waals surface area (Å²) in [5.74, 6) is 1.40. The zero-order chi connectivity index (χ0) is 20.2. The molecule has 0 amide bonds. The van der Waals surface area contributed by atoms with E-state index in [1.165, 1.54) is 23.3 Å². The van der Waals surface area contributed by atoms with E-state index in [0.717, 1.165) is 55.9 Å². The summed E-state index contributed by atoms with van der Waals surface area (Å²) in [6, 6.07) is 17.1. The first-order valence-corrected chi connectivity index (χ1v) is 9.97. The van der Waals surface area contributed by atoms with Crippen LogP contribution < -0.4 is 15.1 Å². The number of benzene rings is 2. The van der Waals surface area contributed by atoms with Crippen LogP contribution in [0.4, 0.5) is 21.8 Å². The van der Waals surface area contributed by atoms with Crippen LogP contribution in [0.25, 0.3) is 0 Å². The van der Waals surface area contributed by atoms with Crippen LogP contribution in [-0.2, 0) is 6.54 Å². The smallest absolute Gasteiger partial charge is 0.227 e. The van der Waals surface area contributed by atoms with Crippen LogP contribution in [0, 0.1) is 19.7 Å². The van der Waals surface area contributed by atoms with Crippen molar-refractivity contribution < 1.29 is 4.39 Å². The maximum Gasteiger partial charge on any atom is 0.227 e. The molecule has 150 valence electrons. The fourth-order valence-electron chi connectivity index (χ4n) is 3.62. The highest BCUT2D eigenvalue weighted by Crippen LogP contribution is 2.20. The van der Waals surface area contributed by atoms with Gasteiger partial charge in [-0.1, -0.05) is 29.8 Å². The number of anilines is 3. The molecule has 1 saturated heterocycles. The Bertz CT molecular complexity index is 965. The number of nitrogens with one attached hydrogen (secondary N) is 1. The van der Waals surface area contributed by atoms with E-state index in [9.17, 15) is 4.39 Å². The molecule has 0 bridgehead atoms. The summed E-state index contributed by atoms with van der Waals surface area (Å²) in [7, 11) is 0. The topological polar surface area (TPSA) is 44.3 Å². The highest BCUT2D eigenvalue weighted by Gasteiger charge is 2.20. The summed E-state index contributed by atoms with van der Waals surface area (Å²) >= 11 is 0. The molecule has 0 unspecified atom stereocenters. The molecule has 1 aliphatic rings. The first-order valence-electron chi connectivity index (χ1n) is 9.97. The standard InChI is InChI=1S/C23H26FN5/c1-17-4-3-5-19(14-17)16-25-22-15-18(2)26-23(27-22)29-12-10-28(11-13-29)21-8-6-20(24)7-9-21/h3-9,14-15H,10-13,16H2,1-2H3,(H,25,26,27). The molecule has 0 atom stereocenters. The Kier molecular flexibility index (Phi) is 5.60. The Morgan fingerprint density at radius 1 is 0.897 bits per heavy atom. The van der Waals surface area contributed by atoms with Crippen LogP contribution >= 0.6 is 0 Å². The zero-order valence-electron chi connectivity index (χ0n) is 16.9. The molecule has 4 rings (SSSR count). The quantitative estimate of drug-likeness (QED) is 0.707. The van der Waals surface area contributed by atoms with Crippen molar-refractivity contribution in [2.75, 3.05) is 41.3 Å². The molecule has 2 heterocycles. The number of aromatic nitrogens is 2. The number of nitrogens with zero attached hydrogens (tertiary/aromatic N) is 4. The molecule has 0 spiro atoms. The highest BCUT2D eigenvalue weighted by molar-refractivity contribution is 5.50. The Morgan fingerprint density at radius 2 is 1.62 bits per heavy atom. The van der Waals surface area contributed by atoms with Gasteiger partial charge in [0.05, 0.1) is 0 Å². The summed E-state index contributed by atoms with van der Waals surface area (Å²) in [6.45, 7) is 8.20. The second kappa shape index (κ2) is 8.47. The van der Waals surface area contributed by atoms with Crippen molar-refractivity contribution in [1.82, 2.24) is 9.97 Å². The number of rotatable bonds is 5. The molecule has 29 heavy (non-hydrogen) atoms. The second-order valence-electron chi connectivity index (χ2n) is 7.49. The van der Waals surface area contributed by atoms with Gasteiger partial charge in [0.25, 0.3) is 0 Å². The van der Waals surface area contributed by atoms with Gasteiger partial charge >= 0.3 is 0 Å². The second-order valence-corrected chi connectivity index (χ2v) is 7.49. The van der Waals surface area contributed by atoms with Gasteiger partial charge in [0, 0.05) is 50.2 Å². The zero-order valence-corrected chi connectivity index (χ0v) is 16.9. The van der Waals surface area contributed by atoms with Gasteiger partial charge in [-0.3, -0.25) is 0 Å². The third-order valence-electron chi connectivity index (χ3n) is 5.15. The van der Waals surface area contributed by atoms with Gasteiger partial charge in [-0.15, -0.1) is 0 Å². The summed E-state index contributed by atoms with van der Waals surface area (Å²) < 4.78 is 13.2. The van der Waals surface area contributed by atoms with Gasteiger partial charge < -0.3 is 15.1 Å². The third kappa shape index (κ3) is 4.83. The molecule has 0 aliphatic carbocycles. The summed E-state index contributed by atoms with van der Waals surface area (Å²) in [6.07, 6.45) is 0. The summed E-state index contributed by atoms with van der Waals surface area (Å²) in [5, 5.41) is 3.42. The highest BCUT2D eigenvalue weighted by atomic mass is 19.1. The molecule has 1 N–H and O–H groups in total. The molecular formula is C23H26FN5. The van der Waals surface area contributed by atoms with Crippen molar-refractivity contribution in [3.63, 3.8) is 0 Å². The number of hydrogen-bond donors (Lipinski definition) is 1. The predicted octanol–water partition coefficient (Wildman–Crippen LogP) is 4.17. The Labute approximate surface area is 171 Å². The van der Waals surface area contributed by atoms with Crippen molar-refractivity contribution in [3.8, 4) is 0 Å². The van der Waals surface area contributed by atoms with Crippen molar-refractivity contribution >= 4 is 17.5 Å². The molecular weight excluding hydrogens is 365 g/mol. The van der Waals surface area contributed by atoms with E-state index in [1.807, 2.05) is 25.1 Å². The van der Waals surface area contributed by atoms with E-state index < -0.39 is 0 Å². The minimum Gasteiger partial charge on any atom is -0.368 e. The van der Waals surface area contributed by atoms with Gasteiger partial charge in [0.2, 0.25) is 5.95 Å². The fraction of sp³-hybridized carbons (Fsp3) is 0.304. The van der Waals surface area contributed by atoms with Crippen LogP contribution in [0.2, 0.25) is 0 Å². The fourth-order valence-corrected chi connectivity index (χ4v) is 3.62. The van der Waals surface area contributed by atoms with Crippen molar-refractivity contribution in [3.05, 3.63) is 77.2 Å². The minimum atomic E-state index is -0.203. The summed E-state index contributed by atoms with van der Waals surface area (Å²) in [5.41, 5.74) is 4.48. The molecule has 1 fully saturated rings. The van der Waals surface area contributed by atoms with Gasteiger partial charge in [-0.25, -0.2) is 9.37 Å². The van der Waals surface area contributed by atoms with E-state index in [2.05, 4.69) is 51.3 Å². The number of halogens is 1. The lowest BCUT2D eigenvalue weighted by atomic mass is 10.1. The third-order valence-corrected chi connectivity index (χ3v) is 5.15. The SMILES string of the molecule is Cc1cccc(CNc2cc(C)nc(N3CCN(c4ccc(F)cc4)CC3)n2)c1. The van der Waals surface area contributed by atoms with Gasteiger partial charge in [-0.2, -0.15) is 4.98 Å². The number of hydrogen-bond acceptors (Lipinski definition) is 5. The molecule has 2 aromatic carbocycles. The first kappa shape index (κ1) is 19.2. The molecule has 0 radical (unpaired) electrons. The van der Waals surface area contributed by atoms with E-state index in [0.29, 0.717) is 0 Å². The van der Waals surface area contributed by atoms with E-state index in [-0.39, 0.29) is 5.82 Å². The molecule has 3 aromatic rings. The van der Waals surface area contributed by atoms with Crippen LogP contribution in [0.5, 0.6) is 0 Å². The molecule has 1 aliphatic heterocycles. The number of piperazine rings is 1. The Morgan fingerprint density at radius 3 is 2.34 bits per heavy atom. The van der Waals surface area contributed by atoms with E-state index in [4.69, 9.17) is 4.98 Å². The van der Waals surface area contributed by atoms with Crippen LogP contribution in [0.3, 0.4) is 0 Å². The van der Waals surface area contributed by atoms with Crippen LogP contribution in [0.1, 0.15) is 16.8 Å². The van der Waals surface area contributed by atoms with E-state index >= 15 is 0 Å². The number of aryl methyl sites for hydroxylation is 2. The maximum atomic E-state index is 13.2. The Balaban J connectivity index is 1.40.